The van der Waals surface area contributed by atoms with Crippen LogP contribution in [-0.2, 0) is 25.6 Å². The van der Waals surface area contributed by atoms with Crippen LogP contribution in [0, 0.1) is 0 Å². The summed E-state index contributed by atoms with van der Waals surface area (Å²) >= 11 is 4.80. The van der Waals surface area contributed by atoms with Gasteiger partial charge in [-0.3, -0.25) is 9.36 Å². The van der Waals surface area contributed by atoms with Crippen LogP contribution in [0.1, 0.15) is 22.6 Å². The molecule has 5 nitrogen and oxygen atoms in total. The Kier molecular flexibility index (Phi) is 3.99. The molecule has 0 N–H and O–H groups in total. The first-order valence-electron chi connectivity index (χ1n) is 8.33. The van der Waals surface area contributed by atoms with E-state index in [1.165, 1.54) is 22.2 Å². The van der Waals surface area contributed by atoms with Crippen LogP contribution < -0.4 is 5.56 Å². The summed E-state index contributed by atoms with van der Waals surface area (Å²) in [7, 11) is 1.80. The van der Waals surface area contributed by atoms with Gasteiger partial charge in [0, 0.05) is 17.7 Å². The van der Waals surface area contributed by atoms with Gasteiger partial charge in [0.05, 0.1) is 16.0 Å². The molecule has 0 aliphatic heterocycles. The monoisotopic (exact) mass is 401 g/mol. The van der Waals surface area contributed by atoms with Gasteiger partial charge in [-0.05, 0) is 36.3 Å². The molecule has 1 aliphatic carbocycles. The summed E-state index contributed by atoms with van der Waals surface area (Å²) in [5, 5.41) is 3.56. The van der Waals surface area contributed by atoms with E-state index in [1.54, 1.807) is 40.6 Å². The summed E-state index contributed by atoms with van der Waals surface area (Å²) in [6.45, 7) is 0. The fourth-order valence-corrected chi connectivity index (χ4v) is 6.07. The standard InChI is InChI=1S/C18H15N3O2S3/c1-21-17(22)14-11-4-2-5-12(11)26-16(14)20-18(21)25-9-10-8-23-15(19-10)13-6-3-7-24-13/h3,6-8H,2,4-5,9H2,1H3. The van der Waals surface area contributed by atoms with Crippen LogP contribution >= 0.6 is 34.4 Å². The molecule has 4 aromatic heterocycles. The molecular formula is C18H15N3O2S3. The summed E-state index contributed by atoms with van der Waals surface area (Å²) in [4.78, 5) is 25.3. The Morgan fingerprint density at radius 1 is 1.35 bits per heavy atom. The molecule has 8 heteroatoms. The fraction of sp³-hybridized carbons (Fsp3) is 0.278. The highest BCUT2D eigenvalue weighted by Gasteiger charge is 2.22. The molecule has 0 spiro atoms. The van der Waals surface area contributed by atoms with Crippen LogP contribution in [0.5, 0.6) is 0 Å². The van der Waals surface area contributed by atoms with Crippen LogP contribution in [0.4, 0.5) is 0 Å². The van der Waals surface area contributed by atoms with Gasteiger partial charge in [-0.25, -0.2) is 9.97 Å². The van der Waals surface area contributed by atoms with Gasteiger partial charge in [0.25, 0.3) is 5.56 Å². The van der Waals surface area contributed by atoms with Gasteiger partial charge in [0.15, 0.2) is 5.16 Å². The molecule has 4 aromatic rings. The summed E-state index contributed by atoms with van der Waals surface area (Å²) in [5.74, 6) is 1.26. The van der Waals surface area contributed by atoms with Crippen LogP contribution in [0.2, 0.25) is 0 Å². The highest BCUT2D eigenvalue weighted by Crippen LogP contribution is 2.35. The average Bonchev–Trinajstić information content (AvgIpc) is 3.40. The fourth-order valence-electron chi connectivity index (χ4n) is 3.26. The zero-order valence-electron chi connectivity index (χ0n) is 14.0. The smallest absolute Gasteiger partial charge is 0.262 e. The summed E-state index contributed by atoms with van der Waals surface area (Å²) < 4.78 is 7.23. The Balaban J connectivity index is 1.43. The average molecular weight is 402 g/mol. The zero-order chi connectivity index (χ0) is 17.7. The largest absolute Gasteiger partial charge is 0.444 e. The van der Waals surface area contributed by atoms with E-state index in [4.69, 9.17) is 9.40 Å². The molecule has 0 bridgehead atoms. The molecule has 0 fully saturated rings. The second-order valence-corrected chi connectivity index (χ2v) is 9.18. The number of aryl methyl sites for hydroxylation is 2. The molecule has 1 aliphatic rings. The number of hydrogen-bond donors (Lipinski definition) is 0. The highest BCUT2D eigenvalue weighted by molar-refractivity contribution is 7.98. The van der Waals surface area contributed by atoms with Gasteiger partial charge in [-0.2, -0.15) is 0 Å². The van der Waals surface area contributed by atoms with E-state index in [-0.39, 0.29) is 5.56 Å². The highest BCUT2D eigenvalue weighted by atomic mass is 32.2. The van der Waals surface area contributed by atoms with Crippen molar-refractivity contribution >= 4 is 44.7 Å². The van der Waals surface area contributed by atoms with E-state index in [1.807, 2.05) is 17.5 Å². The van der Waals surface area contributed by atoms with Gasteiger partial charge in [0.2, 0.25) is 5.89 Å². The first kappa shape index (κ1) is 16.3. The van der Waals surface area contributed by atoms with Gasteiger partial charge in [-0.15, -0.1) is 22.7 Å². The van der Waals surface area contributed by atoms with E-state index in [0.717, 1.165) is 45.2 Å². The third-order valence-electron chi connectivity index (χ3n) is 4.54. The zero-order valence-corrected chi connectivity index (χ0v) is 16.5. The van der Waals surface area contributed by atoms with Crippen molar-refractivity contribution < 1.29 is 4.42 Å². The lowest BCUT2D eigenvalue weighted by Crippen LogP contribution is -2.20. The topological polar surface area (TPSA) is 60.9 Å². The van der Waals surface area contributed by atoms with Crippen molar-refractivity contribution in [3.05, 3.63) is 50.3 Å². The Morgan fingerprint density at radius 2 is 2.27 bits per heavy atom. The molecule has 0 saturated carbocycles. The number of rotatable bonds is 4. The number of fused-ring (bicyclic) bond motifs is 3. The maximum atomic E-state index is 12.8. The minimum Gasteiger partial charge on any atom is -0.444 e. The predicted molar refractivity (Wildman–Crippen MR) is 106 cm³/mol. The van der Waals surface area contributed by atoms with Gasteiger partial charge >= 0.3 is 0 Å². The third-order valence-corrected chi connectivity index (χ3v) is 7.65. The molecular weight excluding hydrogens is 386 g/mol. The minimum atomic E-state index is 0.0660. The van der Waals surface area contributed by atoms with Gasteiger partial charge in [0.1, 0.15) is 11.1 Å². The molecule has 0 atom stereocenters. The van der Waals surface area contributed by atoms with Crippen molar-refractivity contribution in [2.75, 3.05) is 0 Å². The number of thioether (sulfide) groups is 1. The molecule has 4 heterocycles. The summed E-state index contributed by atoms with van der Waals surface area (Å²) in [6.07, 6.45) is 4.91. The normalized spacial score (nSPS) is 13.6. The van der Waals surface area contributed by atoms with E-state index in [9.17, 15) is 4.79 Å². The lowest BCUT2D eigenvalue weighted by molar-refractivity contribution is 0.575. The first-order chi connectivity index (χ1) is 12.7. The molecule has 0 aromatic carbocycles. The van der Waals surface area contributed by atoms with Crippen LogP contribution in [0.15, 0.2) is 38.1 Å². The molecule has 5 rings (SSSR count). The number of oxazole rings is 1. The Labute approximate surface area is 161 Å². The Morgan fingerprint density at radius 3 is 3.12 bits per heavy atom. The lowest BCUT2D eigenvalue weighted by atomic mass is 10.2. The third kappa shape index (κ3) is 2.64. The molecule has 0 amide bonds. The summed E-state index contributed by atoms with van der Waals surface area (Å²) in [5.41, 5.74) is 2.14. The minimum absolute atomic E-state index is 0.0660. The SMILES string of the molecule is Cn1c(SCc2coc(-c3cccs3)n2)nc2sc3c(c2c1=O)CCC3. The molecule has 26 heavy (non-hydrogen) atoms. The second kappa shape index (κ2) is 6.37. The molecule has 0 unspecified atom stereocenters. The van der Waals surface area contributed by atoms with E-state index in [2.05, 4.69) is 4.98 Å². The van der Waals surface area contributed by atoms with Crippen molar-refractivity contribution in [1.29, 1.82) is 0 Å². The summed E-state index contributed by atoms with van der Waals surface area (Å²) in [6, 6.07) is 3.97. The van der Waals surface area contributed by atoms with Crippen LogP contribution in [-0.4, -0.2) is 14.5 Å². The second-order valence-electron chi connectivity index (χ2n) is 6.21. The van der Waals surface area contributed by atoms with Crippen LogP contribution in [0.3, 0.4) is 0 Å². The molecule has 0 saturated heterocycles. The number of nitrogens with zero attached hydrogens (tertiary/aromatic N) is 3. The Bertz CT molecular complexity index is 1150. The van der Waals surface area contributed by atoms with Crippen molar-refractivity contribution in [2.45, 2.75) is 30.2 Å². The number of thiophene rings is 2. The number of hydrogen-bond acceptors (Lipinski definition) is 7. The van der Waals surface area contributed by atoms with Crippen molar-refractivity contribution in [1.82, 2.24) is 14.5 Å². The van der Waals surface area contributed by atoms with Gasteiger partial charge in [-0.1, -0.05) is 17.8 Å². The van der Waals surface area contributed by atoms with E-state index >= 15 is 0 Å². The quantitative estimate of drug-likeness (QED) is 0.372. The van der Waals surface area contributed by atoms with E-state index < -0.39 is 0 Å². The molecule has 132 valence electrons. The number of aromatic nitrogens is 3. The van der Waals surface area contributed by atoms with Crippen molar-refractivity contribution in [2.24, 2.45) is 7.05 Å². The Hall–Kier alpha value is -1.90. The van der Waals surface area contributed by atoms with Gasteiger partial charge < -0.3 is 4.42 Å². The van der Waals surface area contributed by atoms with Crippen LogP contribution in [0.25, 0.3) is 21.0 Å². The van der Waals surface area contributed by atoms with Crippen molar-refractivity contribution in [3.8, 4) is 10.8 Å². The predicted octanol–water partition coefficient (Wildman–Crippen LogP) is 4.49. The maximum Gasteiger partial charge on any atom is 0.262 e. The lowest BCUT2D eigenvalue weighted by Gasteiger charge is -2.06. The van der Waals surface area contributed by atoms with E-state index in [0.29, 0.717) is 11.6 Å². The van der Waals surface area contributed by atoms with Crippen molar-refractivity contribution in [3.63, 3.8) is 0 Å². The molecule has 0 radical (unpaired) electrons. The maximum absolute atomic E-state index is 12.8. The first-order valence-corrected chi connectivity index (χ1v) is 11.0.